The third-order valence-electron chi connectivity index (χ3n) is 4.17. The van der Waals surface area contributed by atoms with Crippen LogP contribution in [0.3, 0.4) is 0 Å². The molecule has 0 spiro atoms. The van der Waals surface area contributed by atoms with Gasteiger partial charge in [-0.3, -0.25) is 4.99 Å². The molecule has 2 rings (SSSR count). The summed E-state index contributed by atoms with van der Waals surface area (Å²) in [6.45, 7) is 6.44. The number of nitriles is 1. The molecule has 1 atom stereocenters. The molecule has 0 aliphatic carbocycles. The average Bonchev–Trinajstić information content (AvgIpc) is 2.90. The molecule has 2 heteroatoms. The molecule has 1 aliphatic rings. The van der Waals surface area contributed by atoms with Crippen molar-refractivity contribution < 1.29 is 0 Å². The first-order valence-electron chi connectivity index (χ1n) is 8.08. The molecule has 0 fully saturated rings. The second-order valence-corrected chi connectivity index (χ2v) is 6.35. The largest absolute Gasteiger partial charge is 0.260 e. The zero-order valence-electron chi connectivity index (χ0n) is 14.2. The van der Waals surface area contributed by atoms with Gasteiger partial charge < -0.3 is 0 Å². The summed E-state index contributed by atoms with van der Waals surface area (Å²) in [4.78, 5) is 4.54. The number of hydrogen-bond acceptors (Lipinski definition) is 2. The van der Waals surface area contributed by atoms with E-state index in [1.807, 2.05) is 30.5 Å². The number of nitrogens with zero attached hydrogens (tertiary/aromatic N) is 2. The Kier molecular flexibility index (Phi) is 5.71. The monoisotopic (exact) mass is 304 g/mol. The van der Waals surface area contributed by atoms with Crippen LogP contribution >= 0.6 is 0 Å². The lowest BCUT2D eigenvalue weighted by molar-refractivity contribution is 0.751. The Morgan fingerprint density at radius 1 is 1.22 bits per heavy atom. The van der Waals surface area contributed by atoms with Crippen LogP contribution in [0.4, 0.5) is 5.69 Å². The molecule has 0 amide bonds. The van der Waals surface area contributed by atoms with Crippen molar-refractivity contribution in [2.24, 2.45) is 4.99 Å². The van der Waals surface area contributed by atoms with Crippen molar-refractivity contribution in [3.8, 4) is 6.07 Å². The van der Waals surface area contributed by atoms with Crippen LogP contribution in [0.25, 0.3) is 0 Å². The van der Waals surface area contributed by atoms with E-state index >= 15 is 0 Å². The number of benzene rings is 1. The second kappa shape index (κ2) is 7.74. The Hall–Kier alpha value is -2.40. The van der Waals surface area contributed by atoms with Gasteiger partial charge in [0.1, 0.15) is 0 Å². The average molecular weight is 304 g/mol. The van der Waals surface area contributed by atoms with Gasteiger partial charge in [-0.15, -0.1) is 0 Å². The molecule has 0 saturated heterocycles. The van der Waals surface area contributed by atoms with E-state index in [0.717, 1.165) is 24.9 Å². The van der Waals surface area contributed by atoms with Gasteiger partial charge in [0.25, 0.3) is 0 Å². The topological polar surface area (TPSA) is 36.1 Å². The zero-order chi connectivity index (χ0) is 16.7. The van der Waals surface area contributed by atoms with Crippen molar-refractivity contribution in [3.63, 3.8) is 0 Å². The molecular weight excluding hydrogens is 280 g/mol. The minimum Gasteiger partial charge on any atom is -0.260 e. The summed E-state index contributed by atoms with van der Waals surface area (Å²) in [5, 5.41) is 8.93. The maximum atomic E-state index is 8.93. The minimum atomic E-state index is -0.288. The Bertz CT molecular complexity index is 710. The molecule has 2 nitrogen and oxygen atoms in total. The van der Waals surface area contributed by atoms with Gasteiger partial charge in [-0.2, -0.15) is 5.26 Å². The van der Waals surface area contributed by atoms with Crippen LogP contribution in [0, 0.1) is 11.3 Å². The van der Waals surface area contributed by atoms with E-state index in [9.17, 15) is 0 Å². The maximum Gasteiger partial charge on any atom is 0.0909 e. The van der Waals surface area contributed by atoms with Crippen LogP contribution in [-0.4, -0.2) is 6.21 Å². The predicted molar refractivity (Wildman–Crippen MR) is 98.1 cm³/mol. The highest BCUT2D eigenvalue weighted by atomic mass is 14.8. The first kappa shape index (κ1) is 17.0. The summed E-state index contributed by atoms with van der Waals surface area (Å²) in [7, 11) is 0. The Morgan fingerprint density at radius 3 is 2.74 bits per heavy atom. The van der Waals surface area contributed by atoms with Gasteiger partial charge >= 0.3 is 0 Å². The molecule has 0 aromatic heterocycles. The van der Waals surface area contributed by atoms with Crippen molar-refractivity contribution in [2.45, 2.75) is 45.4 Å². The quantitative estimate of drug-likeness (QED) is 0.483. The maximum absolute atomic E-state index is 8.93. The number of para-hydroxylation sites is 1. The van der Waals surface area contributed by atoms with Gasteiger partial charge in [-0.1, -0.05) is 47.6 Å². The standard InChI is InChI=1S/C21H24N2/c1-17(2)8-6-9-18(3)12-14-21(13-7-15-22)16-23-20-11-5-4-10-19(20)21/h4-5,7-8,10-13,16H,6,9,14H2,1-3H3/b13-7-,18-12+. The summed E-state index contributed by atoms with van der Waals surface area (Å²) >= 11 is 0. The molecule has 0 N–H and O–H groups in total. The van der Waals surface area contributed by atoms with Gasteiger partial charge in [-0.05, 0) is 51.7 Å². The fourth-order valence-corrected chi connectivity index (χ4v) is 2.82. The van der Waals surface area contributed by atoms with Crippen LogP contribution in [0.15, 0.2) is 64.7 Å². The van der Waals surface area contributed by atoms with Gasteiger partial charge in [-0.25, -0.2) is 0 Å². The minimum absolute atomic E-state index is 0.288. The van der Waals surface area contributed by atoms with E-state index in [4.69, 9.17) is 5.26 Å². The molecule has 1 aromatic carbocycles. The van der Waals surface area contributed by atoms with Gasteiger partial charge in [0.05, 0.1) is 17.2 Å². The summed E-state index contributed by atoms with van der Waals surface area (Å²) < 4.78 is 0. The van der Waals surface area contributed by atoms with Crippen LogP contribution < -0.4 is 0 Å². The highest BCUT2D eigenvalue weighted by Crippen LogP contribution is 2.40. The Labute approximate surface area is 139 Å². The molecule has 118 valence electrons. The van der Waals surface area contributed by atoms with E-state index in [1.54, 1.807) is 6.08 Å². The normalized spacial score (nSPS) is 19.7. The Balaban J connectivity index is 2.19. The van der Waals surface area contributed by atoms with Crippen molar-refractivity contribution >= 4 is 11.9 Å². The van der Waals surface area contributed by atoms with E-state index < -0.39 is 0 Å². The molecular formula is C21H24N2. The first-order chi connectivity index (χ1) is 11.1. The van der Waals surface area contributed by atoms with Crippen LogP contribution in [0.2, 0.25) is 0 Å². The first-order valence-corrected chi connectivity index (χ1v) is 8.08. The van der Waals surface area contributed by atoms with Crippen LogP contribution in [-0.2, 0) is 5.41 Å². The third kappa shape index (κ3) is 4.29. The third-order valence-corrected chi connectivity index (χ3v) is 4.17. The fraction of sp³-hybridized carbons (Fsp3) is 0.333. The number of allylic oxidation sites excluding steroid dienone is 6. The number of aliphatic imine (C=N–C) groups is 1. The van der Waals surface area contributed by atoms with E-state index in [1.165, 1.54) is 16.7 Å². The van der Waals surface area contributed by atoms with Crippen molar-refractivity contribution in [1.82, 2.24) is 0 Å². The molecule has 1 aliphatic heterocycles. The number of rotatable bonds is 6. The molecule has 0 saturated carbocycles. The van der Waals surface area contributed by atoms with E-state index in [2.05, 4.69) is 50.1 Å². The van der Waals surface area contributed by atoms with Crippen LogP contribution in [0.5, 0.6) is 0 Å². The number of fused-ring (bicyclic) bond motifs is 1. The summed E-state index contributed by atoms with van der Waals surface area (Å²) in [5.41, 5.74) is 4.64. The fourth-order valence-electron chi connectivity index (χ4n) is 2.82. The summed E-state index contributed by atoms with van der Waals surface area (Å²) in [6.07, 6.45) is 13.1. The van der Waals surface area contributed by atoms with E-state index in [-0.39, 0.29) is 5.41 Å². The molecule has 0 radical (unpaired) electrons. The number of hydrogen-bond donors (Lipinski definition) is 0. The van der Waals surface area contributed by atoms with Crippen molar-refractivity contribution in [3.05, 3.63) is 65.3 Å². The Morgan fingerprint density at radius 2 is 2.00 bits per heavy atom. The molecule has 1 heterocycles. The van der Waals surface area contributed by atoms with Crippen molar-refractivity contribution in [2.75, 3.05) is 0 Å². The van der Waals surface area contributed by atoms with Gasteiger partial charge in [0.15, 0.2) is 0 Å². The highest BCUT2D eigenvalue weighted by molar-refractivity contribution is 5.87. The van der Waals surface area contributed by atoms with Crippen LogP contribution in [0.1, 0.15) is 45.6 Å². The lowest BCUT2D eigenvalue weighted by atomic mass is 9.78. The SMILES string of the molecule is CC(C)=CCC/C(C)=C/CC1(/C=C\C#N)C=Nc2ccccc21. The lowest BCUT2D eigenvalue weighted by Gasteiger charge is -2.22. The summed E-state index contributed by atoms with van der Waals surface area (Å²) in [6, 6.07) is 10.3. The van der Waals surface area contributed by atoms with E-state index in [0.29, 0.717) is 0 Å². The molecule has 23 heavy (non-hydrogen) atoms. The summed E-state index contributed by atoms with van der Waals surface area (Å²) in [5.74, 6) is 0. The molecule has 0 bridgehead atoms. The van der Waals surface area contributed by atoms with Crippen molar-refractivity contribution in [1.29, 1.82) is 5.26 Å². The lowest BCUT2D eigenvalue weighted by Crippen LogP contribution is -2.22. The molecule has 1 unspecified atom stereocenters. The molecule has 1 aromatic rings. The van der Waals surface area contributed by atoms with Gasteiger partial charge in [0.2, 0.25) is 0 Å². The van der Waals surface area contributed by atoms with Gasteiger partial charge in [0, 0.05) is 12.3 Å². The smallest absolute Gasteiger partial charge is 0.0909 e. The second-order valence-electron chi connectivity index (χ2n) is 6.35. The zero-order valence-corrected chi connectivity index (χ0v) is 14.2. The predicted octanol–water partition coefficient (Wildman–Crippen LogP) is 5.80. The highest BCUT2D eigenvalue weighted by Gasteiger charge is 2.32.